The Kier molecular flexibility index (Phi) is 3.47. The lowest BCUT2D eigenvalue weighted by Gasteiger charge is -2.08. The normalized spacial score (nSPS) is 9.89. The average molecular weight is 247 g/mol. The predicted molar refractivity (Wildman–Crippen MR) is 63.1 cm³/mol. The number of hydrogen-bond acceptors (Lipinski definition) is 5. The number of carbonyl (C=O) groups excluding carboxylic acids is 1. The minimum Gasteiger partial charge on any atom is -0.465 e. The van der Waals surface area contributed by atoms with Gasteiger partial charge in [0.2, 0.25) is 0 Å². The summed E-state index contributed by atoms with van der Waals surface area (Å²) in [7, 11) is 1.27. The van der Waals surface area contributed by atoms with Crippen molar-refractivity contribution in [3.05, 3.63) is 48.3 Å². The lowest BCUT2D eigenvalue weighted by molar-refractivity contribution is 0.0601. The van der Waals surface area contributed by atoms with Crippen molar-refractivity contribution in [2.45, 2.75) is 0 Å². The summed E-state index contributed by atoms with van der Waals surface area (Å²) in [6.45, 7) is 0. The van der Waals surface area contributed by atoms with E-state index in [9.17, 15) is 9.18 Å². The summed E-state index contributed by atoms with van der Waals surface area (Å²) in [6.07, 6.45) is 4.36. The number of rotatable bonds is 3. The first-order valence-corrected chi connectivity index (χ1v) is 5.10. The zero-order valence-electron chi connectivity index (χ0n) is 9.55. The number of benzene rings is 1. The molecule has 6 heteroatoms. The van der Waals surface area contributed by atoms with Gasteiger partial charge in [-0.25, -0.2) is 19.2 Å². The van der Waals surface area contributed by atoms with Gasteiger partial charge in [-0.3, -0.25) is 0 Å². The first kappa shape index (κ1) is 12.0. The standard InChI is InChI=1S/C12H10FN3O2/c1-18-12(17)8-2-3-10(13)11(4-8)16-9-5-14-7-15-6-9/h2-7,16H,1H3. The Morgan fingerprint density at radius 2 is 2.06 bits per heavy atom. The molecular formula is C12H10FN3O2. The van der Waals surface area contributed by atoms with Gasteiger partial charge in [-0.05, 0) is 18.2 Å². The molecule has 0 unspecified atom stereocenters. The van der Waals surface area contributed by atoms with E-state index in [1.54, 1.807) is 0 Å². The fourth-order valence-corrected chi connectivity index (χ4v) is 1.39. The number of anilines is 2. The fraction of sp³-hybridized carbons (Fsp3) is 0.0833. The highest BCUT2D eigenvalue weighted by atomic mass is 19.1. The van der Waals surface area contributed by atoms with Gasteiger partial charge in [-0.15, -0.1) is 0 Å². The number of methoxy groups -OCH3 is 1. The van der Waals surface area contributed by atoms with Crippen molar-refractivity contribution in [3.63, 3.8) is 0 Å². The zero-order chi connectivity index (χ0) is 13.0. The van der Waals surface area contributed by atoms with Crippen molar-refractivity contribution in [1.29, 1.82) is 0 Å². The first-order valence-electron chi connectivity index (χ1n) is 5.10. The Hall–Kier alpha value is -2.50. The number of esters is 1. The van der Waals surface area contributed by atoms with Crippen molar-refractivity contribution in [3.8, 4) is 0 Å². The summed E-state index contributed by atoms with van der Waals surface area (Å²) in [5, 5.41) is 2.78. The van der Waals surface area contributed by atoms with Gasteiger partial charge >= 0.3 is 5.97 Å². The van der Waals surface area contributed by atoms with Gasteiger partial charge in [0.05, 0.1) is 36.4 Å². The van der Waals surface area contributed by atoms with Crippen molar-refractivity contribution in [2.75, 3.05) is 12.4 Å². The fourth-order valence-electron chi connectivity index (χ4n) is 1.39. The van der Waals surface area contributed by atoms with Crippen LogP contribution < -0.4 is 5.32 Å². The van der Waals surface area contributed by atoms with E-state index in [-0.39, 0.29) is 11.3 Å². The molecule has 0 spiro atoms. The van der Waals surface area contributed by atoms with Gasteiger partial charge < -0.3 is 10.1 Å². The zero-order valence-corrected chi connectivity index (χ0v) is 9.55. The number of ether oxygens (including phenoxy) is 1. The summed E-state index contributed by atoms with van der Waals surface area (Å²) >= 11 is 0. The Morgan fingerprint density at radius 1 is 1.33 bits per heavy atom. The van der Waals surface area contributed by atoms with Crippen LogP contribution in [0.3, 0.4) is 0 Å². The molecule has 1 aromatic heterocycles. The van der Waals surface area contributed by atoms with Gasteiger partial charge in [-0.2, -0.15) is 0 Å². The topological polar surface area (TPSA) is 64.1 Å². The molecule has 2 aromatic rings. The summed E-state index contributed by atoms with van der Waals surface area (Å²) in [6, 6.07) is 3.92. The maximum Gasteiger partial charge on any atom is 0.337 e. The molecule has 0 saturated carbocycles. The average Bonchev–Trinajstić information content (AvgIpc) is 2.41. The number of carbonyl (C=O) groups is 1. The SMILES string of the molecule is COC(=O)c1ccc(F)c(Nc2cncnc2)c1. The van der Waals surface area contributed by atoms with Crippen LogP contribution in [0.2, 0.25) is 0 Å². The van der Waals surface area contributed by atoms with Crippen LogP contribution in [0.5, 0.6) is 0 Å². The van der Waals surface area contributed by atoms with Crippen LogP contribution in [0.25, 0.3) is 0 Å². The van der Waals surface area contributed by atoms with Crippen molar-refractivity contribution < 1.29 is 13.9 Å². The van der Waals surface area contributed by atoms with E-state index in [0.29, 0.717) is 5.69 Å². The van der Waals surface area contributed by atoms with Crippen molar-refractivity contribution in [2.24, 2.45) is 0 Å². The summed E-state index contributed by atoms with van der Waals surface area (Å²) < 4.78 is 18.1. The molecule has 1 N–H and O–H groups in total. The number of nitrogens with zero attached hydrogens (tertiary/aromatic N) is 2. The van der Waals surface area contributed by atoms with E-state index >= 15 is 0 Å². The number of aromatic nitrogens is 2. The third kappa shape index (κ3) is 2.60. The molecule has 0 aliphatic heterocycles. The third-order valence-electron chi connectivity index (χ3n) is 2.23. The van der Waals surface area contributed by atoms with E-state index in [2.05, 4.69) is 20.0 Å². The quantitative estimate of drug-likeness (QED) is 0.842. The van der Waals surface area contributed by atoms with Gasteiger partial charge in [0.15, 0.2) is 0 Å². The van der Waals surface area contributed by atoms with Gasteiger partial charge in [0.25, 0.3) is 0 Å². The molecule has 0 amide bonds. The summed E-state index contributed by atoms with van der Waals surface area (Å²) in [5.41, 5.74) is 0.948. The van der Waals surface area contributed by atoms with E-state index in [0.717, 1.165) is 0 Å². The monoisotopic (exact) mass is 247 g/mol. The lowest BCUT2D eigenvalue weighted by atomic mass is 10.2. The molecule has 0 aliphatic carbocycles. The highest BCUT2D eigenvalue weighted by Crippen LogP contribution is 2.20. The van der Waals surface area contributed by atoms with Gasteiger partial charge in [-0.1, -0.05) is 0 Å². The molecule has 1 heterocycles. The smallest absolute Gasteiger partial charge is 0.337 e. The minimum absolute atomic E-state index is 0.160. The number of hydrogen-bond donors (Lipinski definition) is 1. The Bertz CT molecular complexity index is 561. The van der Waals surface area contributed by atoms with Crippen LogP contribution in [0.4, 0.5) is 15.8 Å². The second-order valence-electron chi connectivity index (χ2n) is 3.44. The maximum atomic E-state index is 13.6. The van der Waals surface area contributed by atoms with Crippen LogP contribution in [0, 0.1) is 5.82 Å². The molecule has 2 rings (SSSR count). The molecular weight excluding hydrogens is 237 g/mol. The first-order chi connectivity index (χ1) is 8.70. The third-order valence-corrected chi connectivity index (χ3v) is 2.23. The molecule has 0 fully saturated rings. The van der Waals surface area contributed by atoms with Crippen molar-refractivity contribution in [1.82, 2.24) is 9.97 Å². The lowest BCUT2D eigenvalue weighted by Crippen LogP contribution is -2.03. The van der Waals surface area contributed by atoms with Gasteiger partial charge in [0, 0.05) is 0 Å². The highest BCUT2D eigenvalue weighted by Gasteiger charge is 2.10. The highest BCUT2D eigenvalue weighted by molar-refractivity contribution is 5.90. The largest absolute Gasteiger partial charge is 0.465 e. The van der Waals surface area contributed by atoms with E-state index in [4.69, 9.17) is 0 Å². The Balaban J connectivity index is 2.30. The van der Waals surface area contributed by atoms with Gasteiger partial charge in [0.1, 0.15) is 12.1 Å². The molecule has 0 aliphatic rings. The van der Waals surface area contributed by atoms with Crippen LogP contribution >= 0.6 is 0 Å². The summed E-state index contributed by atoms with van der Waals surface area (Å²) in [4.78, 5) is 18.9. The van der Waals surface area contributed by atoms with Crippen LogP contribution in [0.15, 0.2) is 36.9 Å². The van der Waals surface area contributed by atoms with E-state index in [1.807, 2.05) is 0 Å². The molecule has 92 valence electrons. The molecule has 5 nitrogen and oxygen atoms in total. The molecule has 0 atom stereocenters. The molecule has 18 heavy (non-hydrogen) atoms. The maximum absolute atomic E-state index is 13.6. The van der Waals surface area contributed by atoms with Crippen molar-refractivity contribution >= 4 is 17.3 Å². The molecule has 1 aromatic carbocycles. The number of nitrogens with one attached hydrogen (secondary N) is 1. The van der Waals surface area contributed by atoms with Crippen LogP contribution in [0.1, 0.15) is 10.4 Å². The van der Waals surface area contributed by atoms with Crippen LogP contribution in [-0.2, 0) is 4.74 Å². The van der Waals surface area contributed by atoms with E-state index in [1.165, 1.54) is 44.0 Å². The Morgan fingerprint density at radius 3 is 2.72 bits per heavy atom. The molecule has 0 radical (unpaired) electrons. The summed E-state index contributed by atoms with van der Waals surface area (Å²) in [5.74, 6) is -1.01. The van der Waals surface area contributed by atoms with E-state index < -0.39 is 11.8 Å². The second-order valence-corrected chi connectivity index (χ2v) is 3.44. The predicted octanol–water partition coefficient (Wildman–Crippen LogP) is 2.15. The molecule has 0 bridgehead atoms. The Labute approximate surface area is 103 Å². The molecule has 0 saturated heterocycles. The second kappa shape index (κ2) is 5.22. The number of halogens is 1. The minimum atomic E-state index is -0.526. The van der Waals surface area contributed by atoms with Crippen LogP contribution in [-0.4, -0.2) is 23.0 Å².